The van der Waals surface area contributed by atoms with Gasteiger partial charge in [0.2, 0.25) is 0 Å². The highest BCUT2D eigenvalue weighted by molar-refractivity contribution is 7.81. The lowest BCUT2D eigenvalue weighted by Gasteiger charge is -2.44. The molecule has 1 fully saturated rings. The summed E-state index contributed by atoms with van der Waals surface area (Å²) in [5.74, 6) is 0. The molecule has 0 bridgehead atoms. The predicted octanol–water partition coefficient (Wildman–Crippen LogP) is 3.54. The average molecular weight is 251 g/mol. The van der Waals surface area contributed by atoms with Crippen LogP contribution in [0.4, 0.5) is 0 Å². The summed E-state index contributed by atoms with van der Waals surface area (Å²) in [5, 5.41) is 1.41. The van der Waals surface area contributed by atoms with Crippen molar-refractivity contribution in [2.75, 3.05) is 6.54 Å². The Hall–Kier alpha value is -0.413. The van der Waals surface area contributed by atoms with Crippen molar-refractivity contribution in [1.82, 2.24) is 4.90 Å². The van der Waals surface area contributed by atoms with E-state index in [0.717, 1.165) is 11.5 Å². The van der Waals surface area contributed by atoms with E-state index in [2.05, 4.69) is 44.1 Å². The van der Waals surface area contributed by atoms with Crippen molar-refractivity contribution in [1.29, 1.82) is 0 Å². The standard InChI is InChI=1S/C13H21NSSi/c1-10-9-11(16(3,4)5)12(15)14-8-6-7-13(10,14)2/h9H,1,6-8H2,2-5H3. The average Bonchev–Trinajstić information content (AvgIpc) is 2.54. The van der Waals surface area contributed by atoms with Gasteiger partial charge in [0, 0.05) is 6.54 Å². The highest BCUT2D eigenvalue weighted by Gasteiger charge is 2.45. The number of rotatable bonds is 1. The minimum Gasteiger partial charge on any atom is -0.353 e. The smallest absolute Gasteiger partial charge is 0.101 e. The van der Waals surface area contributed by atoms with E-state index in [4.69, 9.17) is 12.2 Å². The van der Waals surface area contributed by atoms with E-state index in [0.29, 0.717) is 0 Å². The van der Waals surface area contributed by atoms with E-state index in [1.165, 1.54) is 23.6 Å². The van der Waals surface area contributed by atoms with Crippen LogP contribution in [0.1, 0.15) is 19.8 Å². The van der Waals surface area contributed by atoms with Crippen LogP contribution in [-0.2, 0) is 0 Å². The van der Waals surface area contributed by atoms with Gasteiger partial charge in [-0.3, -0.25) is 0 Å². The molecule has 0 saturated carbocycles. The molecule has 1 nitrogen and oxygen atoms in total. The van der Waals surface area contributed by atoms with Crippen LogP contribution in [0, 0.1) is 0 Å². The Labute approximate surface area is 105 Å². The molecule has 1 unspecified atom stereocenters. The van der Waals surface area contributed by atoms with Crippen molar-refractivity contribution >= 4 is 25.3 Å². The fraction of sp³-hybridized carbons (Fsp3) is 0.615. The lowest BCUT2D eigenvalue weighted by atomic mass is 9.87. The zero-order valence-corrected chi connectivity index (χ0v) is 12.6. The van der Waals surface area contributed by atoms with Crippen LogP contribution in [0.25, 0.3) is 0 Å². The van der Waals surface area contributed by atoms with Gasteiger partial charge >= 0.3 is 0 Å². The molecule has 2 rings (SSSR count). The summed E-state index contributed by atoms with van der Waals surface area (Å²) in [6.07, 6.45) is 4.72. The normalized spacial score (nSPS) is 30.5. The highest BCUT2D eigenvalue weighted by atomic mass is 32.1. The topological polar surface area (TPSA) is 3.24 Å². The number of hydrogen-bond donors (Lipinski definition) is 0. The van der Waals surface area contributed by atoms with Crippen molar-refractivity contribution < 1.29 is 0 Å². The summed E-state index contributed by atoms with van der Waals surface area (Å²) in [6, 6.07) is 0. The Kier molecular flexibility index (Phi) is 2.67. The van der Waals surface area contributed by atoms with Crippen molar-refractivity contribution in [3.05, 3.63) is 23.4 Å². The molecular formula is C13H21NSSi. The maximum absolute atomic E-state index is 5.69. The third-order valence-electron chi connectivity index (χ3n) is 3.93. The maximum atomic E-state index is 5.69. The van der Waals surface area contributed by atoms with Crippen molar-refractivity contribution in [2.45, 2.75) is 44.9 Å². The fourth-order valence-corrected chi connectivity index (χ4v) is 5.35. The van der Waals surface area contributed by atoms with E-state index in [1.807, 2.05) is 0 Å². The Morgan fingerprint density at radius 3 is 2.62 bits per heavy atom. The SMILES string of the molecule is C=C1C=C([Si](C)(C)C)C(=S)N2CCCC12C. The van der Waals surface area contributed by atoms with Gasteiger partial charge < -0.3 is 4.90 Å². The molecule has 16 heavy (non-hydrogen) atoms. The second-order valence-corrected chi connectivity index (χ2v) is 11.6. The molecule has 0 aromatic rings. The first-order valence-electron chi connectivity index (χ1n) is 6.00. The van der Waals surface area contributed by atoms with E-state index in [9.17, 15) is 0 Å². The van der Waals surface area contributed by atoms with Crippen LogP contribution in [0.3, 0.4) is 0 Å². The van der Waals surface area contributed by atoms with Gasteiger partial charge in [-0.25, -0.2) is 0 Å². The second-order valence-electron chi connectivity index (χ2n) is 6.17. The molecular weight excluding hydrogens is 230 g/mol. The van der Waals surface area contributed by atoms with Gasteiger partial charge in [0.15, 0.2) is 0 Å². The van der Waals surface area contributed by atoms with Gasteiger partial charge in [-0.05, 0) is 30.5 Å². The summed E-state index contributed by atoms with van der Waals surface area (Å²) in [5.41, 5.74) is 1.37. The highest BCUT2D eigenvalue weighted by Crippen LogP contribution is 2.42. The first-order chi connectivity index (χ1) is 7.27. The molecule has 0 aromatic heterocycles. The third-order valence-corrected chi connectivity index (χ3v) is 6.55. The van der Waals surface area contributed by atoms with Crippen LogP contribution in [0.15, 0.2) is 23.4 Å². The van der Waals surface area contributed by atoms with Gasteiger partial charge in [0.05, 0.1) is 13.6 Å². The van der Waals surface area contributed by atoms with Crippen LogP contribution in [0.5, 0.6) is 0 Å². The predicted molar refractivity (Wildman–Crippen MR) is 77.5 cm³/mol. The molecule has 2 heterocycles. The van der Waals surface area contributed by atoms with Gasteiger partial charge in [-0.15, -0.1) is 0 Å². The van der Waals surface area contributed by atoms with E-state index in [-0.39, 0.29) is 5.54 Å². The molecule has 1 atom stereocenters. The van der Waals surface area contributed by atoms with E-state index in [1.54, 1.807) is 0 Å². The van der Waals surface area contributed by atoms with Crippen LogP contribution in [0.2, 0.25) is 19.6 Å². The Morgan fingerprint density at radius 1 is 1.44 bits per heavy atom. The number of nitrogens with zero attached hydrogens (tertiary/aromatic N) is 1. The third kappa shape index (κ3) is 1.61. The Bertz CT molecular complexity index is 391. The van der Waals surface area contributed by atoms with Crippen molar-refractivity contribution in [3.8, 4) is 0 Å². The summed E-state index contributed by atoms with van der Waals surface area (Å²) < 4.78 is 0. The molecule has 0 aromatic carbocycles. The summed E-state index contributed by atoms with van der Waals surface area (Å²) in [7, 11) is -1.34. The van der Waals surface area contributed by atoms with Crippen LogP contribution < -0.4 is 0 Å². The van der Waals surface area contributed by atoms with Crippen LogP contribution >= 0.6 is 12.2 Å². The molecule has 0 radical (unpaired) electrons. The minimum atomic E-state index is -1.34. The molecule has 0 aliphatic carbocycles. The largest absolute Gasteiger partial charge is 0.353 e. The summed E-state index contributed by atoms with van der Waals surface area (Å²) in [6.45, 7) is 14.7. The molecule has 2 aliphatic rings. The Morgan fingerprint density at radius 2 is 2.06 bits per heavy atom. The maximum Gasteiger partial charge on any atom is 0.101 e. The van der Waals surface area contributed by atoms with Crippen molar-refractivity contribution in [2.24, 2.45) is 0 Å². The molecule has 0 amide bonds. The quantitative estimate of drug-likeness (QED) is 0.518. The summed E-state index contributed by atoms with van der Waals surface area (Å²) >= 11 is 5.69. The van der Waals surface area contributed by atoms with Gasteiger partial charge in [-0.2, -0.15) is 0 Å². The Balaban J connectivity index is 2.48. The minimum absolute atomic E-state index is 0.111. The van der Waals surface area contributed by atoms with Crippen molar-refractivity contribution in [3.63, 3.8) is 0 Å². The molecule has 1 saturated heterocycles. The molecule has 88 valence electrons. The fourth-order valence-electron chi connectivity index (χ4n) is 2.70. The molecule has 0 N–H and O–H groups in total. The molecule has 3 heteroatoms. The zero-order chi connectivity index (χ0) is 12.1. The number of fused-ring (bicyclic) bond motifs is 1. The van der Waals surface area contributed by atoms with Gasteiger partial charge in [0.25, 0.3) is 0 Å². The second kappa shape index (κ2) is 3.54. The zero-order valence-electron chi connectivity index (χ0n) is 10.8. The lowest BCUT2D eigenvalue weighted by molar-refractivity contribution is 0.310. The molecule has 2 aliphatic heterocycles. The van der Waals surface area contributed by atoms with E-state index >= 15 is 0 Å². The first kappa shape index (κ1) is 12.1. The summed E-state index contributed by atoms with van der Waals surface area (Å²) in [4.78, 5) is 3.52. The number of hydrogen-bond acceptors (Lipinski definition) is 1. The van der Waals surface area contributed by atoms with E-state index < -0.39 is 8.07 Å². The monoisotopic (exact) mass is 251 g/mol. The van der Waals surface area contributed by atoms with Gasteiger partial charge in [-0.1, -0.05) is 44.5 Å². The van der Waals surface area contributed by atoms with Crippen LogP contribution in [-0.4, -0.2) is 30.0 Å². The molecule has 0 spiro atoms. The lowest BCUT2D eigenvalue weighted by Crippen LogP contribution is -2.51. The number of thiocarbonyl (C=S) groups is 1. The van der Waals surface area contributed by atoms with Gasteiger partial charge in [0.1, 0.15) is 4.99 Å². The first-order valence-corrected chi connectivity index (χ1v) is 9.91.